The Morgan fingerprint density at radius 1 is 1.63 bits per heavy atom. The molecule has 0 bridgehead atoms. The molecule has 1 aliphatic carbocycles. The Kier molecular flexibility index (Phi) is 4.03. The number of urea groups is 1. The highest BCUT2D eigenvalue weighted by Crippen LogP contribution is 2.29. The van der Waals surface area contributed by atoms with Crippen molar-refractivity contribution < 1.29 is 14.7 Å². The van der Waals surface area contributed by atoms with Crippen molar-refractivity contribution in [3.05, 3.63) is 18.0 Å². The SMILES string of the molecule is CC(NC(=O)N(CC(=O)O)CC1CC1)c1cn[nH]c1. The quantitative estimate of drug-likeness (QED) is 0.714. The zero-order chi connectivity index (χ0) is 13.8. The van der Waals surface area contributed by atoms with Crippen molar-refractivity contribution in [1.29, 1.82) is 0 Å². The van der Waals surface area contributed by atoms with Crippen molar-refractivity contribution in [2.45, 2.75) is 25.8 Å². The minimum absolute atomic E-state index is 0.207. The molecule has 0 radical (unpaired) electrons. The minimum atomic E-state index is -0.994. The molecule has 0 aromatic carbocycles. The normalized spacial score (nSPS) is 15.8. The van der Waals surface area contributed by atoms with Crippen LogP contribution in [0.4, 0.5) is 4.79 Å². The van der Waals surface area contributed by atoms with Crippen molar-refractivity contribution >= 4 is 12.0 Å². The lowest BCUT2D eigenvalue weighted by atomic mass is 10.2. The van der Waals surface area contributed by atoms with E-state index in [2.05, 4.69) is 15.5 Å². The molecule has 0 spiro atoms. The number of hydrogen-bond donors (Lipinski definition) is 3. The van der Waals surface area contributed by atoms with Crippen LogP contribution < -0.4 is 5.32 Å². The van der Waals surface area contributed by atoms with Crippen LogP contribution in [0.25, 0.3) is 0 Å². The number of aromatic nitrogens is 2. The maximum absolute atomic E-state index is 12.1. The Balaban J connectivity index is 1.92. The number of aromatic amines is 1. The second-order valence-electron chi connectivity index (χ2n) is 4.92. The summed E-state index contributed by atoms with van der Waals surface area (Å²) in [6, 6.07) is -0.551. The van der Waals surface area contributed by atoms with Gasteiger partial charge >= 0.3 is 12.0 Å². The number of carbonyl (C=O) groups excluding carboxylic acids is 1. The first kappa shape index (κ1) is 13.4. The van der Waals surface area contributed by atoms with Gasteiger partial charge in [0.15, 0.2) is 0 Å². The smallest absolute Gasteiger partial charge is 0.323 e. The van der Waals surface area contributed by atoms with Crippen LogP contribution in [0.5, 0.6) is 0 Å². The first-order valence-corrected chi connectivity index (χ1v) is 6.32. The number of amides is 2. The molecule has 1 aromatic rings. The first-order chi connectivity index (χ1) is 9.06. The van der Waals surface area contributed by atoms with Crippen LogP contribution in [0.15, 0.2) is 12.4 Å². The fourth-order valence-electron chi connectivity index (χ4n) is 1.85. The lowest BCUT2D eigenvalue weighted by molar-refractivity contribution is -0.137. The van der Waals surface area contributed by atoms with Gasteiger partial charge in [0, 0.05) is 18.3 Å². The standard InChI is InChI=1S/C12H18N4O3/c1-8(10-4-13-14-5-10)15-12(19)16(7-11(17)18)6-9-2-3-9/h4-5,8-9H,2-3,6-7H2,1H3,(H,13,14)(H,15,19)(H,17,18). The van der Waals surface area contributed by atoms with E-state index in [0.717, 1.165) is 18.4 Å². The number of H-pyrrole nitrogens is 1. The Morgan fingerprint density at radius 2 is 2.37 bits per heavy atom. The highest BCUT2D eigenvalue weighted by Gasteiger charge is 2.28. The molecule has 104 valence electrons. The Morgan fingerprint density at radius 3 is 2.89 bits per heavy atom. The molecule has 1 atom stereocenters. The molecular formula is C12H18N4O3. The molecule has 2 amide bonds. The van der Waals surface area contributed by atoms with E-state index >= 15 is 0 Å². The summed E-state index contributed by atoms with van der Waals surface area (Å²) in [5.41, 5.74) is 0.857. The van der Waals surface area contributed by atoms with Crippen molar-refractivity contribution in [3.63, 3.8) is 0 Å². The summed E-state index contributed by atoms with van der Waals surface area (Å²) in [6.45, 7) is 2.08. The molecule has 7 nitrogen and oxygen atoms in total. The van der Waals surface area contributed by atoms with Crippen molar-refractivity contribution in [2.24, 2.45) is 5.92 Å². The van der Waals surface area contributed by atoms with Crippen molar-refractivity contribution in [3.8, 4) is 0 Å². The first-order valence-electron chi connectivity index (χ1n) is 6.32. The zero-order valence-electron chi connectivity index (χ0n) is 10.8. The molecule has 2 rings (SSSR count). The van der Waals surface area contributed by atoms with Crippen molar-refractivity contribution in [2.75, 3.05) is 13.1 Å². The van der Waals surface area contributed by atoms with E-state index in [0.29, 0.717) is 12.5 Å². The molecule has 19 heavy (non-hydrogen) atoms. The highest BCUT2D eigenvalue weighted by molar-refractivity contribution is 5.80. The topological polar surface area (TPSA) is 98.3 Å². The van der Waals surface area contributed by atoms with Crippen LogP contribution in [0.3, 0.4) is 0 Å². The van der Waals surface area contributed by atoms with Gasteiger partial charge in [-0.15, -0.1) is 0 Å². The van der Waals surface area contributed by atoms with Crippen LogP contribution in [0, 0.1) is 5.92 Å². The number of aliphatic carboxylic acids is 1. The zero-order valence-corrected chi connectivity index (χ0v) is 10.8. The Bertz CT molecular complexity index is 442. The second-order valence-corrected chi connectivity index (χ2v) is 4.92. The van der Waals surface area contributed by atoms with Crippen LogP contribution in [-0.2, 0) is 4.79 Å². The number of hydrogen-bond acceptors (Lipinski definition) is 3. The minimum Gasteiger partial charge on any atom is -0.480 e. The lowest BCUT2D eigenvalue weighted by Crippen LogP contribution is -2.44. The van der Waals surface area contributed by atoms with E-state index in [1.807, 2.05) is 6.92 Å². The predicted octanol–water partition coefficient (Wildman–Crippen LogP) is 0.977. The molecule has 1 aromatic heterocycles. The molecule has 1 saturated carbocycles. The van der Waals surface area contributed by atoms with Gasteiger partial charge in [-0.25, -0.2) is 4.79 Å². The Hall–Kier alpha value is -2.05. The Labute approximate surface area is 111 Å². The summed E-state index contributed by atoms with van der Waals surface area (Å²) >= 11 is 0. The van der Waals surface area contributed by atoms with E-state index in [1.54, 1.807) is 12.4 Å². The molecule has 0 saturated heterocycles. The molecule has 1 fully saturated rings. The van der Waals surface area contributed by atoms with Crippen LogP contribution in [0.1, 0.15) is 31.4 Å². The number of carboxylic acid groups (broad SMARTS) is 1. The van der Waals surface area contributed by atoms with Gasteiger partial charge in [0.1, 0.15) is 6.54 Å². The van der Waals surface area contributed by atoms with Gasteiger partial charge in [0.2, 0.25) is 0 Å². The third-order valence-corrected chi connectivity index (χ3v) is 3.15. The molecule has 3 N–H and O–H groups in total. The van der Waals surface area contributed by atoms with Crippen molar-refractivity contribution in [1.82, 2.24) is 20.4 Å². The molecule has 1 heterocycles. The van der Waals surface area contributed by atoms with Gasteiger partial charge in [0.05, 0.1) is 12.2 Å². The number of rotatable bonds is 6. The molecule has 1 unspecified atom stereocenters. The summed E-state index contributed by atoms with van der Waals surface area (Å²) in [4.78, 5) is 24.2. The van der Waals surface area contributed by atoms with Gasteiger partial charge in [-0.05, 0) is 25.7 Å². The third kappa shape index (κ3) is 3.97. The maximum atomic E-state index is 12.1. The molecular weight excluding hydrogens is 248 g/mol. The summed E-state index contributed by atoms with van der Waals surface area (Å²) in [6.07, 6.45) is 5.47. The van der Waals surface area contributed by atoms with E-state index in [4.69, 9.17) is 5.11 Å². The molecule has 7 heteroatoms. The number of nitrogens with zero attached hydrogens (tertiary/aromatic N) is 2. The molecule has 0 aliphatic heterocycles. The number of nitrogens with one attached hydrogen (secondary N) is 2. The summed E-state index contributed by atoms with van der Waals surface area (Å²) in [7, 11) is 0. The number of carboxylic acids is 1. The van der Waals surface area contributed by atoms with E-state index in [9.17, 15) is 9.59 Å². The van der Waals surface area contributed by atoms with Crippen LogP contribution in [0.2, 0.25) is 0 Å². The van der Waals surface area contributed by atoms with Gasteiger partial charge < -0.3 is 15.3 Å². The average molecular weight is 266 g/mol. The van der Waals surface area contributed by atoms with Crippen LogP contribution >= 0.6 is 0 Å². The highest BCUT2D eigenvalue weighted by atomic mass is 16.4. The largest absolute Gasteiger partial charge is 0.480 e. The number of carbonyl (C=O) groups is 2. The van der Waals surface area contributed by atoms with Crippen LogP contribution in [-0.4, -0.2) is 45.3 Å². The fourth-order valence-corrected chi connectivity index (χ4v) is 1.85. The lowest BCUT2D eigenvalue weighted by Gasteiger charge is -2.23. The van der Waals surface area contributed by atoms with Gasteiger partial charge in [-0.3, -0.25) is 9.89 Å². The predicted molar refractivity (Wildman–Crippen MR) is 67.5 cm³/mol. The van der Waals surface area contributed by atoms with E-state index in [1.165, 1.54) is 4.90 Å². The van der Waals surface area contributed by atoms with E-state index < -0.39 is 5.97 Å². The summed E-state index contributed by atoms with van der Waals surface area (Å²) < 4.78 is 0. The summed E-state index contributed by atoms with van der Waals surface area (Å²) in [5, 5.41) is 18.1. The van der Waals surface area contributed by atoms with Gasteiger partial charge in [-0.1, -0.05) is 0 Å². The average Bonchev–Trinajstić information content (AvgIpc) is 2.98. The monoisotopic (exact) mass is 266 g/mol. The third-order valence-electron chi connectivity index (χ3n) is 3.15. The maximum Gasteiger partial charge on any atom is 0.323 e. The summed E-state index contributed by atoms with van der Waals surface area (Å²) in [5.74, 6) is -0.541. The van der Waals surface area contributed by atoms with Gasteiger partial charge in [0.25, 0.3) is 0 Å². The second kappa shape index (κ2) is 5.73. The fraction of sp³-hybridized carbons (Fsp3) is 0.583. The van der Waals surface area contributed by atoms with Gasteiger partial charge in [-0.2, -0.15) is 5.10 Å². The molecule has 1 aliphatic rings. The van der Waals surface area contributed by atoms with E-state index in [-0.39, 0.29) is 18.6 Å².